The van der Waals surface area contributed by atoms with Gasteiger partial charge in [-0.05, 0) is 23.8 Å². The second-order valence-corrected chi connectivity index (χ2v) is 7.38. The van der Waals surface area contributed by atoms with E-state index in [4.69, 9.17) is 14.2 Å². The van der Waals surface area contributed by atoms with Crippen molar-refractivity contribution in [3.05, 3.63) is 76.7 Å². The molecule has 4 rings (SSSR count). The molecule has 0 aliphatic carbocycles. The van der Waals surface area contributed by atoms with Crippen molar-refractivity contribution in [3.63, 3.8) is 0 Å². The molecule has 0 aliphatic heterocycles. The summed E-state index contributed by atoms with van der Waals surface area (Å²) in [6.07, 6.45) is 0.314. The third kappa shape index (κ3) is 4.98. The first-order valence-electron chi connectivity index (χ1n) is 10.5. The number of nitrogens with zero attached hydrogens (tertiary/aromatic N) is 5. The Kier molecular flexibility index (Phi) is 7.01. The molecule has 11 nitrogen and oxygen atoms in total. The maximum atomic E-state index is 12.7. The minimum atomic E-state index is -0.592. The van der Waals surface area contributed by atoms with Crippen LogP contribution in [0.25, 0.3) is 0 Å². The minimum Gasteiger partial charge on any atom is -0.497 e. The zero-order valence-electron chi connectivity index (χ0n) is 19.1. The van der Waals surface area contributed by atoms with Gasteiger partial charge in [-0.15, -0.1) is 5.10 Å². The predicted octanol–water partition coefficient (Wildman–Crippen LogP) is 2.89. The highest BCUT2D eigenvalue weighted by atomic mass is 16.5. The van der Waals surface area contributed by atoms with Crippen LogP contribution in [0.5, 0.6) is 11.5 Å². The number of carbonyl (C=O) groups is 1. The lowest BCUT2D eigenvalue weighted by Gasteiger charge is -2.19. The van der Waals surface area contributed by atoms with Crippen LogP contribution in [0.3, 0.4) is 0 Å². The molecule has 0 saturated carbocycles. The lowest BCUT2D eigenvalue weighted by molar-refractivity contribution is 0.178. The maximum Gasteiger partial charge on any atom is 0.415 e. The topological polar surface area (TPSA) is 131 Å². The number of nitrogens with one attached hydrogen (secondary N) is 2. The van der Waals surface area contributed by atoms with Crippen molar-refractivity contribution < 1.29 is 19.0 Å². The van der Waals surface area contributed by atoms with Gasteiger partial charge < -0.3 is 14.2 Å². The number of aromatic nitrogens is 6. The molecule has 0 spiro atoms. The fourth-order valence-corrected chi connectivity index (χ4v) is 3.62. The number of hydrogen-bond donors (Lipinski definition) is 2. The lowest BCUT2D eigenvalue weighted by Crippen LogP contribution is -2.32. The van der Waals surface area contributed by atoms with Crippen molar-refractivity contribution in [1.82, 2.24) is 30.8 Å². The molecular weight excluding hydrogens is 438 g/mol. The van der Waals surface area contributed by atoms with Crippen molar-refractivity contribution >= 4 is 11.9 Å². The SMILES string of the molecule is COC(=O)N(Cc1n[nH]nc1Cc1cccc(OC)c1)c1n[nH]nc1Cc1ccccc1OC. The first kappa shape index (κ1) is 22.8. The normalized spacial score (nSPS) is 10.7. The number of amides is 1. The number of aromatic amines is 2. The van der Waals surface area contributed by atoms with Gasteiger partial charge in [0.25, 0.3) is 0 Å². The van der Waals surface area contributed by atoms with E-state index in [0.29, 0.717) is 35.7 Å². The average molecular weight is 463 g/mol. The Morgan fingerprint density at radius 3 is 2.41 bits per heavy atom. The quantitative estimate of drug-likeness (QED) is 0.387. The largest absolute Gasteiger partial charge is 0.497 e. The number of carbonyl (C=O) groups excluding carboxylic acids is 1. The molecule has 0 bridgehead atoms. The van der Waals surface area contributed by atoms with Crippen molar-refractivity contribution in [2.45, 2.75) is 19.4 Å². The van der Waals surface area contributed by atoms with E-state index >= 15 is 0 Å². The number of hydrogen-bond acceptors (Lipinski definition) is 8. The lowest BCUT2D eigenvalue weighted by atomic mass is 10.1. The Bertz CT molecular complexity index is 1250. The fourth-order valence-electron chi connectivity index (χ4n) is 3.62. The van der Waals surface area contributed by atoms with Gasteiger partial charge in [0.1, 0.15) is 22.9 Å². The highest BCUT2D eigenvalue weighted by Crippen LogP contribution is 2.26. The van der Waals surface area contributed by atoms with Crippen LogP contribution in [0.2, 0.25) is 0 Å². The molecular formula is C23H25N7O4. The van der Waals surface area contributed by atoms with Gasteiger partial charge in [-0.3, -0.25) is 4.90 Å². The minimum absolute atomic E-state index is 0.0912. The standard InChI is InChI=1S/C23H25N7O4/c1-32-17-9-6-7-15(11-17)12-18-20(26-28-24-18)14-30(23(31)34-3)22-19(25-29-27-22)13-16-8-4-5-10-21(16)33-2/h4-11H,12-14H2,1-3H3,(H,24,26,28)(H,25,27,29). The first-order chi connectivity index (χ1) is 16.6. The van der Waals surface area contributed by atoms with Crippen LogP contribution in [-0.4, -0.2) is 58.2 Å². The Labute approximate surface area is 196 Å². The number of benzene rings is 2. The highest BCUT2D eigenvalue weighted by molar-refractivity contribution is 5.86. The van der Waals surface area contributed by atoms with E-state index in [-0.39, 0.29) is 6.54 Å². The number of H-pyrrole nitrogens is 2. The van der Waals surface area contributed by atoms with Gasteiger partial charge in [0.15, 0.2) is 5.82 Å². The molecule has 0 saturated heterocycles. The summed E-state index contributed by atoms with van der Waals surface area (Å²) in [5, 5.41) is 22.3. The van der Waals surface area contributed by atoms with E-state index in [9.17, 15) is 4.79 Å². The second kappa shape index (κ2) is 10.5. The Hall–Kier alpha value is -4.41. The van der Waals surface area contributed by atoms with Gasteiger partial charge in [-0.25, -0.2) is 4.79 Å². The van der Waals surface area contributed by atoms with Crippen LogP contribution in [0.15, 0.2) is 48.5 Å². The molecule has 2 heterocycles. The van der Waals surface area contributed by atoms with Crippen LogP contribution >= 0.6 is 0 Å². The molecule has 0 fully saturated rings. The Morgan fingerprint density at radius 1 is 0.853 bits per heavy atom. The van der Waals surface area contributed by atoms with Crippen LogP contribution in [0.4, 0.5) is 10.6 Å². The van der Waals surface area contributed by atoms with Crippen molar-refractivity contribution in [2.24, 2.45) is 0 Å². The summed E-state index contributed by atoms with van der Waals surface area (Å²) >= 11 is 0. The second-order valence-electron chi connectivity index (χ2n) is 7.38. The van der Waals surface area contributed by atoms with Crippen molar-refractivity contribution in [3.8, 4) is 11.5 Å². The van der Waals surface area contributed by atoms with Gasteiger partial charge in [0, 0.05) is 18.4 Å². The molecule has 1 amide bonds. The molecule has 2 aromatic carbocycles. The molecule has 11 heteroatoms. The molecule has 176 valence electrons. The van der Waals surface area contributed by atoms with Crippen molar-refractivity contribution in [2.75, 3.05) is 26.2 Å². The van der Waals surface area contributed by atoms with Gasteiger partial charge >= 0.3 is 6.09 Å². The van der Waals surface area contributed by atoms with Crippen LogP contribution in [0, 0.1) is 0 Å². The van der Waals surface area contributed by atoms with E-state index in [1.54, 1.807) is 14.2 Å². The van der Waals surface area contributed by atoms with Crippen LogP contribution < -0.4 is 14.4 Å². The van der Waals surface area contributed by atoms with E-state index in [1.165, 1.54) is 12.0 Å². The number of methoxy groups -OCH3 is 3. The summed E-state index contributed by atoms with van der Waals surface area (Å²) < 4.78 is 15.8. The molecule has 34 heavy (non-hydrogen) atoms. The van der Waals surface area contributed by atoms with E-state index < -0.39 is 6.09 Å². The highest BCUT2D eigenvalue weighted by Gasteiger charge is 2.26. The molecule has 0 atom stereocenters. The van der Waals surface area contributed by atoms with Gasteiger partial charge in [-0.2, -0.15) is 25.7 Å². The van der Waals surface area contributed by atoms with Gasteiger partial charge in [-0.1, -0.05) is 30.3 Å². The molecule has 2 N–H and O–H groups in total. The molecule has 0 unspecified atom stereocenters. The van der Waals surface area contributed by atoms with E-state index in [1.807, 2.05) is 48.5 Å². The average Bonchev–Trinajstić information content (AvgIpc) is 3.51. The summed E-state index contributed by atoms with van der Waals surface area (Å²) in [4.78, 5) is 14.1. The summed E-state index contributed by atoms with van der Waals surface area (Å²) in [7, 11) is 4.54. The maximum absolute atomic E-state index is 12.7. The zero-order chi connectivity index (χ0) is 23.9. The molecule has 0 radical (unpaired) electrons. The zero-order valence-corrected chi connectivity index (χ0v) is 19.1. The summed E-state index contributed by atoms with van der Waals surface area (Å²) in [5.74, 6) is 1.81. The molecule has 0 aliphatic rings. The fraction of sp³-hybridized carbons (Fsp3) is 0.261. The van der Waals surface area contributed by atoms with Gasteiger partial charge in [0.05, 0.1) is 33.6 Å². The van der Waals surface area contributed by atoms with Crippen molar-refractivity contribution in [1.29, 1.82) is 0 Å². The third-order valence-electron chi connectivity index (χ3n) is 5.32. The number of rotatable bonds is 9. The van der Waals surface area contributed by atoms with Gasteiger partial charge in [0.2, 0.25) is 0 Å². The summed E-state index contributed by atoms with van der Waals surface area (Å²) in [5.41, 5.74) is 3.74. The number of ether oxygens (including phenoxy) is 3. The predicted molar refractivity (Wildman–Crippen MR) is 123 cm³/mol. The van der Waals surface area contributed by atoms with E-state index in [2.05, 4.69) is 30.8 Å². The first-order valence-corrected chi connectivity index (χ1v) is 10.5. The van der Waals surface area contributed by atoms with Crippen LogP contribution in [-0.2, 0) is 24.1 Å². The number of para-hydroxylation sites is 1. The van der Waals surface area contributed by atoms with Crippen LogP contribution in [0.1, 0.15) is 28.2 Å². The van der Waals surface area contributed by atoms with E-state index in [0.717, 1.165) is 22.6 Å². The Balaban J connectivity index is 1.60. The third-order valence-corrected chi connectivity index (χ3v) is 5.32. The summed E-state index contributed by atoms with van der Waals surface area (Å²) in [6, 6.07) is 15.3. The molecule has 4 aromatic rings. The summed E-state index contributed by atoms with van der Waals surface area (Å²) in [6.45, 7) is 0.0912. The smallest absolute Gasteiger partial charge is 0.415 e. The molecule has 2 aromatic heterocycles. The monoisotopic (exact) mass is 463 g/mol. The number of anilines is 1. The Morgan fingerprint density at radius 2 is 1.62 bits per heavy atom.